The molecule has 1 aliphatic carbocycles. The molecule has 1 saturated carbocycles. The lowest BCUT2D eigenvalue weighted by molar-refractivity contribution is 0.237. The number of pyridine rings is 1. The Morgan fingerprint density at radius 2 is 2.10 bits per heavy atom. The average molecular weight is 306 g/mol. The van der Waals surface area contributed by atoms with Gasteiger partial charge in [0.2, 0.25) is 0 Å². The number of nitrogens with zero attached hydrogens (tertiary/aromatic N) is 3. The summed E-state index contributed by atoms with van der Waals surface area (Å²) in [6.45, 7) is 7.41. The maximum Gasteiger partial charge on any atom is 0.160 e. The predicted octanol–water partition coefficient (Wildman–Crippen LogP) is 5.01. The zero-order valence-electron chi connectivity index (χ0n) is 13.2. The Labute approximate surface area is 131 Å². The summed E-state index contributed by atoms with van der Waals surface area (Å²) in [5.41, 5.74) is 3.58. The summed E-state index contributed by atoms with van der Waals surface area (Å²) in [6, 6.07) is 2.02. The van der Waals surface area contributed by atoms with E-state index in [0.717, 1.165) is 23.5 Å². The minimum absolute atomic E-state index is 0.0890. The van der Waals surface area contributed by atoms with Gasteiger partial charge in [0.15, 0.2) is 5.65 Å². The zero-order chi connectivity index (χ0) is 15.0. The molecule has 1 unspecified atom stereocenters. The maximum absolute atomic E-state index is 6.40. The fourth-order valence-corrected chi connectivity index (χ4v) is 3.87. The Morgan fingerprint density at radius 3 is 2.71 bits per heavy atom. The molecule has 0 amide bonds. The van der Waals surface area contributed by atoms with Crippen molar-refractivity contribution in [3.63, 3.8) is 0 Å². The summed E-state index contributed by atoms with van der Waals surface area (Å²) in [6.07, 6.45) is 8.41. The number of halogens is 1. The van der Waals surface area contributed by atoms with Crippen LogP contribution in [0.2, 0.25) is 0 Å². The van der Waals surface area contributed by atoms with Crippen LogP contribution < -0.4 is 0 Å². The van der Waals surface area contributed by atoms with Crippen LogP contribution in [0, 0.1) is 12.3 Å². The number of aromatic nitrogens is 3. The molecule has 0 N–H and O–H groups in total. The molecule has 0 aliphatic heterocycles. The van der Waals surface area contributed by atoms with Crippen molar-refractivity contribution in [2.45, 2.75) is 64.8 Å². The molecule has 1 fully saturated rings. The van der Waals surface area contributed by atoms with Crippen molar-refractivity contribution in [1.82, 2.24) is 14.5 Å². The van der Waals surface area contributed by atoms with E-state index in [0.29, 0.717) is 5.41 Å². The molecule has 0 aromatic carbocycles. The smallest absolute Gasteiger partial charge is 0.160 e. The van der Waals surface area contributed by atoms with Crippen LogP contribution in [0.5, 0.6) is 0 Å². The quantitative estimate of drug-likeness (QED) is 0.743. The van der Waals surface area contributed by atoms with Crippen LogP contribution in [0.25, 0.3) is 11.2 Å². The third-order valence-electron chi connectivity index (χ3n) is 5.13. The van der Waals surface area contributed by atoms with Crippen molar-refractivity contribution in [2.24, 2.45) is 5.41 Å². The lowest BCUT2D eigenvalue weighted by atomic mass is 9.83. The highest BCUT2D eigenvalue weighted by Crippen LogP contribution is 2.43. The van der Waals surface area contributed by atoms with Gasteiger partial charge >= 0.3 is 0 Å². The van der Waals surface area contributed by atoms with Gasteiger partial charge in [-0.2, -0.15) is 0 Å². The van der Waals surface area contributed by atoms with Crippen molar-refractivity contribution in [1.29, 1.82) is 0 Å². The molecule has 2 aromatic heterocycles. The van der Waals surface area contributed by atoms with Crippen molar-refractivity contribution in [3.05, 3.63) is 23.7 Å². The number of rotatable bonds is 4. The molecule has 0 bridgehead atoms. The van der Waals surface area contributed by atoms with Crippen molar-refractivity contribution in [3.8, 4) is 0 Å². The first-order valence-corrected chi connectivity index (χ1v) is 8.46. The van der Waals surface area contributed by atoms with Gasteiger partial charge in [-0.25, -0.2) is 9.97 Å². The largest absolute Gasteiger partial charge is 0.311 e. The Bertz CT molecular complexity index is 639. The molecular weight excluding hydrogens is 282 g/mol. The Morgan fingerprint density at radius 1 is 1.38 bits per heavy atom. The first kappa shape index (κ1) is 14.8. The summed E-state index contributed by atoms with van der Waals surface area (Å²) in [7, 11) is 0. The van der Waals surface area contributed by atoms with Crippen molar-refractivity contribution < 1.29 is 0 Å². The molecular formula is C17H24ClN3. The van der Waals surface area contributed by atoms with E-state index in [-0.39, 0.29) is 5.38 Å². The number of hydrogen-bond acceptors (Lipinski definition) is 2. The standard InChI is InChI=1S/C17H24ClN3/c1-4-17(8-5-6-9-17)11-21-15(13(3)18)20-14-12(2)7-10-19-16(14)21/h7,10,13H,4-6,8-9,11H2,1-3H3. The van der Waals surface area contributed by atoms with Crippen molar-refractivity contribution >= 4 is 22.8 Å². The first-order valence-electron chi connectivity index (χ1n) is 8.02. The van der Waals surface area contributed by atoms with Gasteiger partial charge < -0.3 is 4.57 Å². The molecule has 1 aliphatic rings. The Hall–Kier alpha value is -1.09. The highest BCUT2D eigenvalue weighted by atomic mass is 35.5. The van der Waals surface area contributed by atoms with E-state index in [1.807, 2.05) is 19.2 Å². The van der Waals surface area contributed by atoms with Crippen LogP contribution in [0.15, 0.2) is 12.3 Å². The second kappa shape index (κ2) is 5.60. The highest BCUT2D eigenvalue weighted by molar-refractivity contribution is 6.20. The minimum Gasteiger partial charge on any atom is -0.311 e. The van der Waals surface area contributed by atoms with E-state index >= 15 is 0 Å². The van der Waals surface area contributed by atoms with E-state index in [2.05, 4.69) is 23.4 Å². The molecule has 2 aromatic rings. The van der Waals surface area contributed by atoms with E-state index in [1.165, 1.54) is 37.7 Å². The normalized spacial score (nSPS) is 19.2. The topological polar surface area (TPSA) is 30.7 Å². The fourth-order valence-electron chi connectivity index (χ4n) is 3.70. The van der Waals surface area contributed by atoms with Crippen LogP contribution in [-0.4, -0.2) is 14.5 Å². The lowest BCUT2D eigenvalue weighted by Gasteiger charge is -2.29. The van der Waals surface area contributed by atoms with Gasteiger partial charge in [-0.05, 0) is 50.2 Å². The van der Waals surface area contributed by atoms with E-state index in [1.54, 1.807) is 0 Å². The molecule has 3 nitrogen and oxygen atoms in total. The third-order valence-corrected chi connectivity index (χ3v) is 5.32. The van der Waals surface area contributed by atoms with Crippen molar-refractivity contribution in [2.75, 3.05) is 0 Å². The molecule has 0 saturated heterocycles. The van der Waals surface area contributed by atoms with E-state index < -0.39 is 0 Å². The van der Waals surface area contributed by atoms with Crippen LogP contribution in [0.1, 0.15) is 62.7 Å². The molecule has 4 heteroatoms. The van der Waals surface area contributed by atoms with Crippen LogP contribution in [0.3, 0.4) is 0 Å². The maximum atomic E-state index is 6.40. The average Bonchev–Trinajstić information content (AvgIpc) is 3.06. The second-order valence-corrected chi connectivity index (χ2v) is 7.19. The zero-order valence-corrected chi connectivity index (χ0v) is 14.0. The molecule has 3 rings (SSSR count). The molecule has 2 heterocycles. The van der Waals surface area contributed by atoms with Gasteiger partial charge in [-0.3, -0.25) is 0 Å². The van der Waals surface area contributed by atoms with Gasteiger partial charge in [-0.15, -0.1) is 11.6 Å². The van der Waals surface area contributed by atoms with Crippen LogP contribution >= 0.6 is 11.6 Å². The fraction of sp³-hybridized carbons (Fsp3) is 0.647. The number of alkyl halides is 1. The predicted molar refractivity (Wildman–Crippen MR) is 87.7 cm³/mol. The third kappa shape index (κ3) is 2.57. The molecule has 0 radical (unpaired) electrons. The summed E-state index contributed by atoms with van der Waals surface area (Å²) in [5.74, 6) is 0.966. The number of hydrogen-bond donors (Lipinski definition) is 0. The Balaban J connectivity index is 2.11. The number of aryl methyl sites for hydroxylation is 1. The van der Waals surface area contributed by atoms with Gasteiger partial charge in [0.05, 0.1) is 5.38 Å². The monoisotopic (exact) mass is 305 g/mol. The first-order chi connectivity index (χ1) is 10.1. The van der Waals surface area contributed by atoms with Crippen LogP contribution in [0.4, 0.5) is 0 Å². The molecule has 114 valence electrons. The summed E-state index contributed by atoms with van der Waals surface area (Å²) >= 11 is 6.40. The van der Waals surface area contributed by atoms with Gasteiger partial charge in [0.1, 0.15) is 11.3 Å². The summed E-state index contributed by atoms with van der Waals surface area (Å²) in [4.78, 5) is 9.38. The lowest BCUT2D eigenvalue weighted by Crippen LogP contribution is -2.24. The highest BCUT2D eigenvalue weighted by Gasteiger charge is 2.34. The summed E-state index contributed by atoms with van der Waals surface area (Å²) < 4.78 is 2.29. The second-order valence-electron chi connectivity index (χ2n) is 6.53. The van der Waals surface area contributed by atoms with Gasteiger partial charge in [-0.1, -0.05) is 19.8 Å². The van der Waals surface area contributed by atoms with Gasteiger partial charge in [0.25, 0.3) is 0 Å². The van der Waals surface area contributed by atoms with Crippen LogP contribution in [-0.2, 0) is 6.54 Å². The minimum atomic E-state index is -0.0890. The van der Waals surface area contributed by atoms with Gasteiger partial charge in [0, 0.05) is 12.7 Å². The number of fused-ring (bicyclic) bond motifs is 1. The summed E-state index contributed by atoms with van der Waals surface area (Å²) in [5, 5.41) is -0.0890. The van der Waals surface area contributed by atoms with E-state index in [9.17, 15) is 0 Å². The molecule has 21 heavy (non-hydrogen) atoms. The Kier molecular flexibility index (Phi) is 3.96. The molecule has 0 spiro atoms. The number of imidazole rings is 1. The van der Waals surface area contributed by atoms with E-state index in [4.69, 9.17) is 16.6 Å². The SMILES string of the molecule is CCC1(Cn2c(C(C)Cl)nc3c(C)ccnc32)CCCC1. The molecule has 1 atom stereocenters.